The Morgan fingerprint density at radius 1 is 1.41 bits per heavy atom. The zero-order chi connectivity index (χ0) is 12.6. The molecule has 90 valence electrons. The van der Waals surface area contributed by atoms with Gasteiger partial charge in [-0.2, -0.15) is 10.2 Å². The van der Waals surface area contributed by atoms with Gasteiger partial charge in [-0.15, -0.1) is 0 Å². The molecule has 2 aromatic rings. The first-order valence-corrected chi connectivity index (χ1v) is 6.07. The lowest BCUT2D eigenvalue weighted by Crippen LogP contribution is -2.16. The van der Waals surface area contributed by atoms with Crippen LogP contribution in [0.1, 0.15) is 36.1 Å². The Morgan fingerprint density at radius 3 is 2.65 bits per heavy atom. The smallest absolute Gasteiger partial charge is 0.230 e. The van der Waals surface area contributed by atoms with Crippen LogP contribution in [-0.2, 0) is 7.05 Å². The normalized spacial score (nSPS) is 11.1. The Labute approximate surface area is 108 Å². The Kier molecular flexibility index (Phi) is 3.15. The molecule has 0 aromatic carbocycles. The molecule has 0 saturated heterocycles. The zero-order valence-electron chi connectivity index (χ0n) is 9.88. The average molecular weight is 297 g/mol. The van der Waals surface area contributed by atoms with E-state index in [4.69, 9.17) is 0 Å². The van der Waals surface area contributed by atoms with E-state index in [0.29, 0.717) is 15.9 Å². The topological polar surface area (TPSA) is 52.7 Å². The molecule has 2 heterocycles. The molecule has 2 aromatic heterocycles. The Bertz CT molecular complexity index is 556. The fourth-order valence-corrected chi connectivity index (χ4v) is 2.12. The van der Waals surface area contributed by atoms with E-state index in [0.717, 1.165) is 0 Å². The molecule has 0 aliphatic carbocycles. The predicted octanol–water partition coefficient (Wildman–Crippen LogP) is 2.19. The van der Waals surface area contributed by atoms with Crippen LogP contribution in [0.15, 0.2) is 22.9 Å². The van der Waals surface area contributed by atoms with Crippen molar-refractivity contribution in [1.29, 1.82) is 0 Å². The number of aryl methyl sites for hydroxylation is 1. The van der Waals surface area contributed by atoms with Gasteiger partial charge in [0.25, 0.3) is 0 Å². The van der Waals surface area contributed by atoms with Crippen LogP contribution in [0.5, 0.6) is 0 Å². The van der Waals surface area contributed by atoms with Crippen LogP contribution in [0, 0.1) is 0 Å². The fourth-order valence-electron chi connectivity index (χ4n) is 1.66. The van der Waals surface area contributed by atoms with Crippen LogP contribution in [0.3, 0.4) is 0 Å². The summed E-state index contributed by atoms with van der Waals surface area (Å²) in [6.45, 7) is 3.97. The molecule has 0 aliphatic rings. The van der Waals surface area contributed by atoms with Crippen molar-refractivity contribution in [3.63, 3.8) is 0 Å². The van der Waals surface area contributed by atoms with E-state index in [9.17, 15) is 4.79 Å². The molecular weight excluding hydrogens is 284 g/mol. The lowest BCUT2D eigenvalue weighted by molar-refractivity contribution is 0.101. The van der Waals surface area contributed by atoms with Crippen LogP contribution < -0.4 is 0 Å². The van der Waals surface area contributed by atoms with E-state index in [1.54, 1.807) is 34.9 Å². The van der Waals surface area contributed by atoms with E-state index in [2.05, 4.69) is 26.1 Å². The van der Waals surface area contributed by atoms with Crippen molar-refractivity contribution >= 4 is 21.7 Å². The van der Waals surface area contributed by atoms with E-state index in [-0.39, 0.29) is 11.8 Å². The van der Waals surface area contributed by atoms with Gasteiger partial charge >= 0.3 is 0 Å². The minimum absolute atomic E-state index is 0.0805. The molecule has 0 aliphatic heterocycles. The molecule has 6 heteroatoms. The Morgan fingerprint density at radius 2 is 2.12 bits per heavy atom. The number of carbonyl (C=O) groups excluding carboxylic acids is 1. The van der Waals surface area contributed by atoms with Gasteiger partial charge in [-0.05, 0) is 35.8 Å². The molecule has 0 amide bonds. The van der Waals surface area contributed by atoms with Crippen molar-refractivity contribution in [3.05, 3.63) is 34.3 Å². The van der Waals surface area contributed by atoms with Gasteiger partial charge in [0.1, 0.15) is 11.4 Å². The second-order valence-corrected chi connectivity index (χ2v) is 4.90. The van der Waals surface area contributed by atoms with Crippen LogP contribution >= 0.6 is 15.9 Å². The summed E-state index contributed by atoms with van der Waals surface area (Å²) >= 11 is 3.36. The third kappa shape index (κ3) is 2.04. The first-order chi connectivity index (χ1) is 8.02. The lowest BCUT2D eigenvalue weighted by atomic mass is 10.2. The highest BCUT2D eigenvalue weighted by molar-refractivity contribution is 9.10. The first-order valence-electron chi connectivity index (χ1n) is 5.28. The molecule has 0 unspecified atom stereocenters. The molecule has 2 rings (SSSR count). The minimum atomic E-state index is -0.0805. The Hall–Kier alpha value is -1.43. The van der Waals surface area contributed by atoms with Crippen LogP contribution in [-0.4, -0.2) is 25.3 Å². The molecular formula is C11H13BrN4O. The molecule has 0 bridgehead atoms. The maximum Gasteiger partial charge on any atom is 0.230 e. The number of hydrogen-bond donors (Lipinski definition) is 0. The van der Waals surface area contributed by atoms with Crippen molar-refractivity contribution in [2.75, 3.05) is 0 Å². The summed E-state index contributed by atoms with van der Waals surface area (Å²) < 4.78 is 3.98. The van der Waals surface area contributed by atoms with E-state index < -0.39 is 0 Å². The summed E-state index contributed by atoms with van der Waals surface area (Å²) in [4.78, 5) is 12.4. The molecule has 0 spiro atoms. The highest BCUT2D eigenvalue weighted by atomic mass is 79.9. The molecule has 0 N–H and O–H groups in total. The number of ketones is 1. The second-order valence-electron chi connectivity index (χ2n) is 4.05. The van der Waals surface area contributed by atoms with Crippen molar-refractivity contribution in [2.45, 2.75) is 19.9 Å². The molecule has 0 radical (unpaired) electrons. The highest BCUT2D eigenvalue weighted by Gasteiger charge is 2.22. The van der Waals surface area contributed by atoms with Gasteiger partial charge in [-0.3, -0.25) is 14.2 Å². The van der Waals surface area contributed by atoms with Crippen LogP contribution in [0.25, 0.3) is 0 Å². The van der Waals surface area contributed by atoms with Crippen molar-refractivity contribution < 1.29 is 4.79 Å². The van der Waals surface area contributed by atoms with Gasteiger partial charge in [0.2, 0.25) is 5.78 Å². The van der Waals surface area contributed by atoms with Crippen molar-refractivity contribution in [3.8, 4) is 0 Å². The minimum Gasteiger partial charge on any atom is -0.285 e. The number of aromatic nitrogens is 4. The molecule has 0 atom stereocenters. The van der Waals surface area contributed by atoms with E-state index in [1.807, 2.05) is 13.8 Å². The highest BCUT2D eigenvalue weighted by Crippen LogP contribution is 2.22. The average Bonchev–Trinajstić information content (AvgIpc) is 2.83. The zero-order valence-corrected chi connectivity index (χ0v) is 11.5. The second kappa shape index (κ2) is 4.44. The van der Waals surface area contributed by atoms with E-state index >= 15 is 0 Å². The number of hydrogen-bond acceptors (Lipinski definition) is 3. The van der Waals surface area contributed by atoms with Crippen molar-refractivity contribution in [2.24, 2.45) is 7.05 Å². The van der Waals surface area contributed by atoms with Gasteiger partial charge in [0, 0.05) is 19.3 Å². The standard InChI is InChI=1S/C11H13BrN4O/c1-7(2)16-10(8(12)6-14-16)11(17)9-4-5-13-15(9)3/h4-7H,1-3H3. The van der Waals surface area contributed by atoms with Gasteiger partial charge in [0.05, 0.1) is 10.7 Å². The maximum absolute atomic E-state index is 12.4. The SMILES string of the molecule is CC(C)n1ncc(Br)c1C(=O)c1ccnn1C. The third-order valence-corrected chi connectivity index (χ3v) is 3.09. The summed E-state index contributed by atoms with van der Waals surface area (Å²) in [5, 5.41) is 8.20. The van der Waals surface area contributed by atoms with Gasteiger partial charge in [0.15, 0.2) is 0 Å². The monoisotopic (exact) mass is 296 g/mol. The summed E-state index contributed by atoms with van der Waals surface area (Å²) in [7, 11) is 1.75. The summed E-state index contributed by atoms with van der Waals surface area (Å²) in [6, 6.07) is 1.83. The predicted molar refractivity (Wildman–Crippen MR) is 67.0 cm³/mol. The van der Waals surface area contributed by atoms with Gasteiger partial charge in [-0.1, -0.05) is 0 Å². The Balaban J connectivity index is 2.51. The summed E-state index contributed by atoms with van der Waals surface area (Å²) in [5.74, 6) is -0.0805. The van der Waals surface area contributed by atoms with Crippen LogP contribution in [0.4, 0.5) is 0 Å². The summed E-state index contributed by atoms with van der Waals surface area (Å²) in [6.07, 6.45) is 3.25. The maximum atomic E-state index is 12.4. The number of carbonyl (C=O) groups is 1. The summed E-state index contributed by atoms with van der Waals surface area (Å²) in [5.41, 5.74) is 1.11. The largest absolute Gasteiger partial charge is 0.285 e. The molecule has 17 heavy (non-hydrogen) atoms. The third-order valence-electron chi connectivity index (χ3n) is 2.51. The fraction of sp³-hybridized carbons (Fsp3) is 0.364. The van der Waals surface area contributed by atoms with E-state index in [1.165, 1.54) is 0 Å². The van der Waals surface area contributed by atoms with Crippen molar-refractivity contribution in [1.82, 2.24) is 19.6 Å². The van der Waals surface area contributed by atoms with Gasteiger partial charge in [-0.25, -0.2) is 0 Å². The molecule has 5 nitrogen and oxygen atoms in total. The molecule has 0 fully saturated rings. The first kappa shape index (κ1) is 12.0. The van der Waals surface area contributed by atoms with Gasteiger partial charge < -0.3 is 0 Å². The lowest BCUT2D eigenvalue weighted by Gasteiger charge is -2.10. The quantitative estimate of drug-likeness (QED) is 0.816. The number of halogens is 1. The van der Waals surface area contributed by atoms with Crippen LogP contribution in [0.2, 0.25) is 0 Å². The number of rotatable bonds is 3. The molecule has 0 saturated carbocycles. The number of nitrogens with zero attached hydrogens (tertiary/aromatic N) is 4.